The normalized spacial score (nSPS) is 20.5. The molecule has 0 aromatic heterocycles. The molecule has 0 radical (unpaired) electrons. The van der Waals surface area contributed by atoms with Crippen LogP contribution in [0.25, 0.3) is 0 Å². The molecule has 2 heterocycles. The molecule has 7 heteroatoms. The molecule has 2 aliphatic rings. The third-order valence-electron chi connectivity index (χ3n) is 5.71. The smallest absolute Gasteiger partial charge is 0.257 e. The van der Waals surface area contributed by atoms with Crippen molar-refractivity contribution >= 4 is 40.7 Å². The van der Waals surface area contributed by atoms with Crippen LogP contribution in [0.5, 0.6) is 0 Å². The summed E-state index contributed by atoms with van der Waals surface area (Å²) in [6.07, 6.45) is 1.02. The van der Waals surface area contributed by atoms with Crippen molar-refractivity contribution in [2.45, 2.75) is 38.8 Å². The first-order valence-electron chi connectivity index (χ1n) is 9.61. The zero-order chi connectivity index (χ0) is 20.8. The first kappa shape index (κ1) is 19.5. The van der Waals surface area contributed by atoms with E-state index in [1.54, 1.807) is 40.1 Å². The minimum Gasteiger partial charge on any atom is -0.325 e. The highest BCUT2D eigenvalue weighted by molar-refractivity contribution is 6.33. The Labute approximate surface area is 174 Å². The molecule has 0 spiro atoms. The monoisotopic (exact) mass is 411 g/mol. The van der Waals surface area contributed by atoms with Crippen molar-refractivity contribution in [2.75, 3.05) is 16.8 Å². The van der Waals surface area contributed by atoms with Crippen LogP contribution in [0.3, 0.4) is 0 Å². The molecule has 1 fully saturated rings. The Hall–Kier alpha value is -2.86. The summed E-state index contributed by atoms with van der Waals surface area (Å²) in [5.74, 6) is -0.398. The van der Waals surface area contributed by atoms with Crippen molar-refractivity contribution in [3.63, 3.8) is 0 Å². The van der Waals surface area contributed by atoms with Gasteiger partial charge in [0.05, 0.1) is 22.0 Å². The Kier molecular flexibility index (Phi) is 4.82. The first-order chi connectivity index (χ1) is 13.8. The maximum atomic E-state index is 13.2. The summed E-state index contributed by atoms with van der Waals surface area (Å²) >= 11 is 6.19. The molecule has 150 valence electrons. The predicted octanol–water partition coefficient (Wildman–Crippen LogP) is 3.98. The highest BCUT2D eigenvalue weighted by Gasteiger charge is 2.52. The number of anilines is 2. The summed E-state index contributed by atoms with van der Waals surface area (Å²) in [6.45, 7) is 4.02. The van der Waals surface area contributed by atoms with Crippen LogP contribution in [0, 0.1) is 6.92 Å². The predicted molar refractivity (Wildman–Crippen MR) is 112 cm³/mol. The number of nitrogens with zero attached hydrogens (tertiary/aromatic N) is 2. The number of nitrogens with one attached hydrogen (secondary N) is 1. The third kappa shape index (κ3) is 3.27. The Morgan fingerprint density at radius 1 is 1.21 bits per heavy atom. The fraction of sp³-hybridized carbons (Fsp3) is 0.318. The molecule has 1 N–H and O–H groups in total. The average molecular weight is 412 g/mol. The number of benzene rings is 2. The molecular weight excluding hydrogens is 390 g/mol. The number of rotatable bonds is 4. The van der Waals surface area contributed by atoms with Crippen LogP contribution >= 0.6 is 11.6 Å². The Balaban J connectivity index is 1.54. The fourth-order valence-corrected chi connectivity index (χ4v) is 4.47. The molecule has 1 atom stereocenters. The van der Waals surface area contributed by atoms with Gasteiger partial charge in [0.2, 0.25) is 11.8 Å². The van der Waals surface area contributed by atoms with Gasteiger partial charge in [-0.2, -0.15) is 0 Å². The van der Waals surface area contributed by atoms with Gasteiger partial charge >= 0.3 is 0 Å². The average Bonchev–Trinajstić information content (AvgIpc) is 2.99. The number of hydrogen-bond donors (Lipinski definition) is 1. The zero-order valence-corrected chi connectivity index (χ0v) is 17.1. The lowest BCUT2D eigenvalue weighted by Crippen LogP contribution is -2.62. The van der Waals surface area contributed by atoms with Crippen molar-refractivity contribution in [2.24, 2.45) is 0 Å². The second-order valence-electron chi connectivity index (χ2n) is 7.70. The fourth-order valence-electron chi connectivity index (χ4n) is 4.19. The molecular formula is C22H22ClN3O3. The van der Waals surface area contributed by atoms with Gasteiger partial charge in [-0.1, -0.05) is 29.8 Å². The summed E-state index contributed by atoms with van der Waals surface area (Å²) in [6, 6.07) is 12.6. The highest BCUT2D eigenvalue weighted by atomic mass is 35.5. The first-order valence-corrected chi connectivity index (χ1v) is 9.99. The van der Waals surface area contributed by atoms with Gasteiger partial charge in [0.25, 0.3) is 5.91 Å². The Morgan fingerprint density at radius 3 is 2.72 bits per heavy atom. The summed E-state index contributed by atoms with van der Waals surface area (Å²) < 4.78 is 0. The number of carbonyl (C=O) groups is 3. The van der Waals surface area contributed by atoms with Crippen LogP contribution in [0.1, 0.15) is 42.1 Å². The minimum absolute atomic E-state index is 0.00617. The van der Waals surface area contributed by atoms with Gasteiger partial charge < -0.3 is 10.2 Å². The summed E-state index contributed by atoms with van der Waals surface area (Å²) in [5.41, 5.74) is 1.92. The van der Waals surface area contributed by atoms with Crippen molar-refractivity contribution in [1.82, 2.24) is 4.90 Å². The number of fused-ring (bicyclic) bond motifs is 3. The van der Waals surface area contributed by atoms with Crippen LogP contribution in [-0.2, 0) is 9.59 Å². The lowest BCUT2D eigenvalue weighted by atomic mass is 9.98. The van der Waals surface area contributed by atoms with E-state index in [2.05, 4.69) is 5.32 Å². The van der Waals surface area contributed by atoms with E-state index in [0.717, 1.165) is 5.56 Å². The molecule has 0 aliphatic carbocycles. The summed E-state index contributed by atoms with van der Waals surface area (Å²) in [7, 11) is 0. The van der Waals surface area contributed by atoms with Gasteiger partial charge in [-0.05, 0) is 50.1 Å². The molecule has 1 saturated heterocycles. The number of aryl methyl sites for hydroxylation is 1. The molecule has 29 heavy (non-hydrogen) atoms. The zero-order valence-electron chi connectivity index (χ0n) is 16.4. The maximum absolute atomic E-state index is 13.2. The van der Waals surface area contributed by atoms with Crippen LogP contribution < -0.4 is 10.2 Å². The second kappa shape index (κ2) is 7.19. The van der Waals surface area contributed by atoms with Crippen LogP contribution in [-0.4, -0.2) is 34.8 Å². The largest absolute Gasteiger partial charge is 0.325 e. The molecule has 2 aromatic rings. The Morgan fingerprint density at radius 2 is 1.97 bits per heavy atom. The lowest BCUT2D eigenvalue weighted by Gasteiger charge is -2.48. The summed E-state index contributed by atoms with van der Waals surface area (Å²) in [5, 5.41) is 3.28. The van der Waals surface area contributed by atoms with Gasteiger partial charge in [-0.25, -0.2) is 0 Å². The van der Waals surface area contributed by atoms with E-state index in [4.69, 9.17) is 11.6 Å². The van der Waals surface area contributed by atoms with Crippen LogP contribution in [0.4, 0.5) is 11.4 Å². The van der Waals surface area contributed by atoms with Gasteiger partial charge in [-0.15, -0.1) is 0 Å². The van der Waals surface area contributed by atoms with Crippen molar-refractivity contribution in [1.29, 1.82) is 0 Å². The quantitative estimate of drug-likeness (QED) is 0.827. The molecule has 0 saturated carbocycles. The standard InChI is InChI=1S/C22H22ClN3O3/c1-14-7-8-17(16(23)13-14)24-19(27)10-12-25-21(29)15-5-3-4-6-18(15)26-20(28)9-11-22(25,26)2/h3-8,13H,9-12H2,1-2H3,(H,24,27). The van der Waals surface area contributed by atoms with Crippen LogP contribution in [0.15, 0.2) is 42.5 Å². The highest BCUT2D eigenvalue weighted by Crippen LogP contribution is 2.44. The number of halogens is 1. The second-order valence-corrected chi connectivity index (χ2v) is 8.11. The van der Waals surface area contributed by atoms with Crippen LogP contribution in [0.2, 0.25) is 5.02 Å². The van der Waals surface area contributed by atoms with Crippen molar-refractivity contribution in [3.05, 3.63) is 58.6 Å². The lowest BCUT2D eigenvalue weighted by molar-refractivity contribution is -0.117. The van der Waals surface area contributed by atoms with Gasteiger partial charge in [-0.3, -0.25) is 19.3 Å². The van der Waals surface area contributed by atoms with Crippen molar-refractivity contribution < 1.29 is 14.4 Å². The Bertz CT molecular complexity index is 1020. The van der Waals surface area contributed by atoms with Gasteiger partial charge in [0, 0.05) is 19.4 Å². The van der Waals surface area contributed by atoms with E-state index in [1.165, 1.54) is 0 Å². The molecule has 3 amide bonds. The molecule has 2 aliphatic heterocycles. The number of carbonyl (C=O) groups excluding carboxylic acids is 3. The number of hydrogen-bond acceptors (Lipinski definition) is 3. The number of para-hydroxylation sites is 1. The SMILES string of the molecule is Cc1ccc(NC(=O)CCN2C(=O)c3ccccc3N3C(=O)CCC23C)c(Cl)c1. The van der Waals surface area contributed by atoms with Gasteiger partial charge in [0.1, 0.15) is 5.66 Å². The third-order valence-corrected chi connectivity index (χ3v) is 6.02. The van der Waals surface area contributed by atoms with E-state index in [-0.39, 0.29) is 30.7 Å². The van der Waals surface area contributed by atoms with E-state index in [0.29, 0.717) is 34.8 Å². The van der Waals surface area contributed by atoms with E-state index in [1.807, 2.05) is 26.0 Å². The summed E-state index contributed by atoms with van der Waals surface area (Å²) in [4.78, 5) is 41.6. The molecule has 4 rings (SSSR count). The van der Waals surface area contributed by atoms with E-state index in [9.17, 15) is 14.4 Å². The molecule has 6 nitrogen and oxygen atoms in total. The molecule has 1 unspecified atom stereocenters. The van der Waals surface area contributed by atoms with E-state index < -0.39 is 5.66 Å². The minimum atomic E-state index is -0.760. The molecule has 2 aromatic carbocycles. The van der Waals surface area contributed by atoms with E-state index >= 15 is 0 Å². The molecule has 0 bridgehead atoms. The van der Waals surface area contributed by atoms with Gasteiger partial charge in [0.15, 0.2) is 0 Å². The maximum Gasteiger partial charge on any atom is 0.257 e. The van der Waals surface area contributed by atoms with Crippen molar-refractivity contribution in [3.8, 4) is 0 Å². The topological polar surface area (TPSA) is 69.7 Å². The number of amides is 3.